The van der Waals surface area contributed by atoms with Crippen LogP contribution in [-0.4, -0.2) is 33.2 Å². The van der Waals surface area contributed by atoms with E-state index < -0.39 is 0 Å². The van der Waals surface area contributed by atoms with E-state index in [4.69, 9.17) is 4.74 Å². The van der Waals surface area contributed by atoms with E-state index in [1.165, 1.54) is 25.4 Å². The van der Waals surface area contributed by atoms with E-state index >= 15 is 0 Å². The fraction of sp³-hybridized carbons (Fsp3) is 0.118. The molecule has 1 fully saturated rings. The molecule has 0 bridgehead atoms. The fourth-order valence-electron chi connectivity index (χ4n) is 2.17. The summed E-state index contributed by atoms with van der Waals surface area (Å²) in [6.07, 6.45) is 3.08. The summed E-state index contributed by atoms with van der Waals surface area (Å²) in [7, 11) is 1.42. The number of phenolic OH excluding ortho intramolecular Hbond substituents is 1. The van der Waals surface area contributed by atoms with Crippen molar-refractivity contribution in [3.8, 4) is 11.5 Å². The molecule has 9 heteroatoms. The second-order valence-electron chi connectivity index (χ2n) is 5.43. The number of amides is 2. The van der Waals surface area contributed by atoms with Gasteiger partial charge in [0.2, 0.25) is 5.56 Å². The highest BCUT2D eigenvalue weighted by atomic mass is 79.9. The number of H-pyrrole nitrogens is 1. The number of rotatable bonds is 4. The molecule has 0 atom stereocenters. The van der Waals surface area contributed by atoms with Crippen molar-refractivity contribution in [1.82, 2.24) is 9.88 Å². The van der Waals surface area contributed by atoms with E-state index in [1.54, 1.807) is 18.2 Å². The van der Waals surface area contributed by atoms with Gasteiger partial charge in [-0.25, -0.2) is 0 Å². The van der Waals surface area contributed by atoms with Crippen LogP contribution in [0.3, 0.4) is 0 Å². The predicted molar refractivity (Wildman–Crippen MR) is 101 cm³/mol. The number of phenols is 1. The highest BCUT2D eigenvalue weighted by molar-refractivity contribution is 9.10. The first-order valence-corrected chi connectivity index (χ1v) is 9.00. The van der Waals surface area contributed by atoms with Crippen LogP contribution in [0.15, 0.2) is 44.6 Å². The van der Waals surface area contributed by atoms with Gasteiger partial charge in [0.25, 0.3) is 11.1 Å². The third kappa shape index (κ3) is 3.83. The van der Waals surface area contributed by atoms with Crippen LogP contribution in [0.1, 0.15) is 11.1 Å². The quantitative estimate of drug-likeness (QED) is 0.714. The Labute approximate surface area is 160 Å². The summed E-state index contributed by atoms with van der Waals surface area (Å²) in [4.78, 5) is 38.5. The average Bonchev–Trinajstić information content (AvgIpc) is 2.84. The minimum absolute atomic E-state index is 0.0814. The maximum absolute atomic E-state index is 12.0. The lowest BCUT2D eigenvalue weighted by Crippen LogP contribution is -2.22. The molecular formula is C17H13BrN2O5S. The summed E-state index contributed by atoms with van der Waals surface area (Å²) < 4.78 is 6.15. The Morgan fingerprint density at radius 3 is 2.69 bits per heavy atom. The van der Waals surface area contributed by atoms with Gasteiger partial charge in [-0.15, -0.1) is 0 Å². The predicted octanol–water partition coefficient (Wildman–Crippen LogP) is 3.09. The van der Waals surface area contributed by atoms with Crippen LogP contribution in [0.5, 0.6) is 11.5 Å². The van der Waals surface area contributed by atoms with E-state index in [-0.39, 0.29) is 39.7 Å². The van der Waals surface area contributed by atoms with Crippen LogP contribution in [0, 0.1) is 0 Å². The lowest BCUT2D eigenvalue weighted by molar-refractivity contribution is -0.121. The summed E-state index contributed by atoms with van der Waals surface area (Å²) in [5.74, 6) is -0.251. The molecule has 2 heterocycles. The van der Waals surface area contributed by atoms with Gasteiger partial charge in [0.05, 0.1) is 4.91 Å². The molecule has 2 aromatic rings. The molecule has 134 valence electrons. The van der Waals surface area contributed by atoms with Crippen molar-refractivity contribution >= 4 is 44.9 Å². The Morgan fingerprint density at radius 2 is 2.08 bits per heavy atom. The van der Waals surface area contributed by atoms with Crippen molar-refractivity contribution in [3.63, 3.8) is 0 Å². The standard InChI is InChI=1S/C17H13BrN2O5S/c1-20-16(23)14(26-17(20)24)5-10-4-13(12(21)6-11(10)18)25-8-9-2-3-15(22)19-7-9/h2-7,21H,8H2,1H3,(H,19,22)/b14-5-. The van der Waals surface area contributed by atoms with E-state index in [2.05, 4.69) is 20.9 Å². The highest BCUT2D eigenvalue weighted by Crippen LogP contribution is 2.37. The van der Waals surface area contributed by atoms with Gasteiger partial charge >= 0.3 is 0 Å². The molecule has 1 aromatic heterocycles. The molecule has 7 nitrogen and oxygen atoms in total. The molecule has 1 aliphatic rings. The molecule has 0 saturated carbocycles. The number of carbonyl (C=O) groups is 2. The first-order valence-electron chi connectivity index (χ1n) is 7.39. The van der Waals surface area contributed by atoms with Crippen LogP contribution in [0.2, 0.25) is 0 Å². The zero-order valence-electron chi connectivity index (χ0n) is 13.5. The van der Waals surface area contributed by atoms with Crippen LogP contribution < -0.4 is 10.3 Å². The smallest absolute Gasteiger partial charge is 0.293 e. The normalized spacial score (nSPS) is 15.8. The van der Waals surface area contributed by atoms with Crippen molar-refractivity contribution in [2.45, 2.75) is 6.61 Å². The number of ether oxygens (including phenoxy) is 1. The van der Waals surface area contributed by atoms with Gasteiger partial charge in [-0.05, 0) is 41.6 Å². The number of aromatic nitrogens is 1. The zero-order chi connectivity index (χ0) is 18.8. The largest absolute Gasteiger partial charge is 0.504 e. The lowest BCUT2D eigenvalue weighted by Gasteiger charge is -2.10. The van der Waals surface area contributed by atoms with Gasteiger partial charge in [0.15, 0.2) is 11.5 Å². The Kier molecular flexibility index (Phi) is 5.19. The average molecular weight is 437 g/mol. The van der Waals surface area contributed by atoms with Gasteiger partial charge < -0.3 is 14.8 Å². The second kappa shape index (κ2) is 7.38. The number of nitrogens with zero attached hydrogens (tertiary/aromatic N) is 1. The number of nitrogens with one attached hydrogen (secondary N) is 1. The van der Waals surface area contributed by atoms with Crippen LogP contribution >= 0.6 is 27.7 Å². The van der Waals surface area contributed by atoms with Crippen LogP contribution in [0.4, 0.5) is 4.79 Å². The molecule has 2 N–H and O–H groups in total. The number of halogens is 1. The van der Waals surface area contributed by atoms with Crippen LogP contribution in [0.25, 0.3) is 6.08 Å². The first kappa shape index (κ1) is 18.3. The monoisotopic (exact) mass is 436 g/mol. The summed E-state index contributed by atoms with van der Waals surface area (Å²) in [6, 6.07) is 6.01. The van der Waals surface area contributed by atoms with Gasteiger partial charge in [0, 0.05) is 29.3 Å². The molecule has 2 amide bonds. The van der Waals surface area contributed by atoms with Crippen molar-refractivity contribution in [3.05, 3.63) is 61.3 Å². The number of imide groups is 1. The van der Waals surface area contributed by atoms with E-state index in [9.17, 15) is 19.5 Å². The number of carbonyl (C=O) groups excluding carboxylic acids is 2. The molecule has 1 aromatic carbocycles. The topological polar surface area (TPSA) is 99.7 Å². The third-order valence-electron chi connectivity index (χ3n) is 3.59. The molecule has 1 saturated heterocycles. The fourth-order valence-corrected chi connectivity index (χ4v) is 3.43. The summed E-state index contributed by atoms with van der Waals surface area (Å²) in [5, 5.41) is 9.72. The maximum atomic E-state index is 12.0. The highest BCUT2D eigenvalue weighted by Gasteiger charge is 2.32. The van der Waals surface area contributed by atoms with Gasteiger partial charge in [-0.3, -0.25) is 19.3 Å². The third-order valence-corrected chi connectivity index (χ3v) is 5.24. The molecular weight excluding hydrogens is 424 g/mol. The molecule has 0 unspecified atom stereocenters. The van der Waals surface area contributed by atoms with Crippen molar-refractivity contribution < 1.29 is 19.4 Å². The number of thioether (sulfide) groups is 1. The van der Waals surface area contributed by atoms with Crippen molar-refractivity contribution in [2.24, 2.45) is 0 Å². The van der Waals surface area contributed by atoms with Gasteiger partial charge in [-0.2, -0.15) is 0 Å². The van der Waals surface area contributed by atoms with Crippen molar-refractivity contribution in [2.75, 3.05) is 7.05 Å². The number of hydrogen-bond donors (Lipinski definition) is 2. The van der Waals surface area contributed by atoms with Crippen LogP contribution in [-0.2, 0) is 11.4 Å². The first-order chi connectivity index (χ1) is 12.3. The van der Waals surface area contributed by atoms with E-state index in [1.807, 2.05) is 0 Å². The number of benzene rings is 1. The van der Waals surface area contributed by atoms with E-state index in [0.717, 1.165) is 22.2 Å². The molecule has 3 rings (SSSR count). The zero-order valence-corrected chi connectivity index (χ0v) is 15.9. The van der Waals surface area contributed by atoms with Gasteiger partial charge in [0.1, 0.15) is 6.61 Å². The van der Waals surface area contributed by atoms with Crippen molar-refractivity contribution in [1.29, 1.82) is 0 Å². The summed E-state index contributed by atoms with van der Waals surface area (Å²) >= 11 is 4.17. The number of pyridine rings is 1. The molecule has 0 radical (unpaired) electrons. The Hall–Kier alpha value is -2.52. The Bertz CT molecular complexity index is 965. The van der Waals surface area contributed by atoms with Gasteiger partial charge in [-0.1, -0.05) is 15.9 Å². The summed E-state index contributed by atoms with van der Waals surface area (Å²) in [5.41, 5.74) is 1.09. The molecule has 0 aliphatic carbocycles. The number of likely N-dealkylation sites (N-methyl/N-ethyl adjacent to an activating group) is 1. The molecule has 1 aliphatic heterocycles. The SMILES string of the molecule is CN1C(=O)S/C(=C\c2cc(OCc3ccc(=O)[nH]c3)c(O)cc2Br)C1=O. The summed E-state index contributed by atoms with van der Waals surface area (Å²) in [6.45, 7) is 0.136. The maximum Gasteiger partial charge on any atom is 0.293 e. The molecule has 26 heavy (non-hydrogen) atoms. The number of aromatic hydroxyl groups is 1. The second-order valence-corrected chi connectivity index (χ2v) is 7.28. The Morgan fingerprint density at radius 1 is 1.31 bits per heavy atom. The molecule has 0 spiro atoms. The lowest BCUT2D eigenvalue weighted by atomic mass is 10.2. The number of aromatic amines is 1. The number of hydrogen-bond acceptors (Lipinski definition) is 6. The van der Waals surface area contributed by atoms with E-state index in [0.29, 0.717) is 10.0 Å². The Balaban J connectivity index is 1.85. The minimum atomic E-state index is -0.379. The minimum Gasteiger partial charge on any atom is -0.504 e.